The van der Waals surface area contributed by atoms with Gasteiger partial charge in [-0.05, 0) is 66.1 Å². The van der Waals surface area contributed by atoms with E-state index in [0.717, 1.165) is 48.7 Å². The van der Waals surface area contributed by atoms with E-state index in [1.807, 2.05) is 32.2 Å². The van der Waals surface area contributed by atoms with Gasteiger partial charge in [-0.25, -0.2) is 0 Å². The molecule has 1 aliphatic rings. The molecule has 0 radical (unpaired) electrons. The summed E-state index contributed by atoms with van der Waals surface area (Å²) in [6, 6.07) is 9.19. The van der Waals surface area contributed by atoms with E-state index in [2.05, 4.69) is 54.0 Å². The average Bonchev–Trinajstić information content (AvgIpc) is 2.87. The number of nitrogens with one attached hydrogen (secondary N) is 1. The van der Waals surface area contributed by atoms with E-state index >= 15 is 0 Å². The maximum Gasteiger partial charge on any atom is 0.276 e. The van der Waals surface area contributed by atoms with Crippen LogP contribution in [0.5, 0.6) is 0 Å². The molecule has 0 spiro atoms. The number of aromatic nitrogens is 2. The summed E-state index contributed by atoms with van der Waals surface area (Å²) < 4.78 is 1.70. The smallest absolute Gasteiger partial charge is 0.276 e. The summed E-state index contributed by atoms with van der Waals surface area (Å²) >= 11 is 0. The van der Waals surface area contributed by atoms with Crippen molar-refractivity contribution in [3.05, 3.63) is 35.7 Å². The number of nitrogens with zero attached hydrogens (tertiary/aromatic N) is 4. The van der Waals surface area contributed by atoms with Crippen LogP contribution in [0.25, 0.3) is 0 Å². The van der Waals surface area contributed by atoms with Gasteiger partial charge < -0.3 is 10.2 Å². The maximum atomic E-state index is 12.8. The van der Waals surface area contributed by atoms with E-state index in [1.165, 1.54) is 6.42 Å². The van der Waals surface area contributed by atoms with Gasteiger partial charge in [0.05, 0.1) is 22.8 Å². The number of rotatable bonds is 8. The molecule has 1 amide bonds. The molecule has 0 aliphatic carbocycles. The third-order valence-electron chi connectivity index (χ3n) is 5.74. The van der Waals surface area contributed by atoms with Crippen molar-refractivity contribution >= 4 is 23.0 Å². The number of hydrogen-bond acceptors (Lipinski definition) is 4. The van der Waals surface area contributed by atoms with E-state index in [0.29, 0.717) is 17.8 Å². The van der Waals surface area contributed by atoms with Crippen molar-refractivity contribution < 1.29 is 4.79 Å². The van der Waals surface area contributed by atoms with Gasteiger partial charge in [-0.3, -0.25) is 14.4 Å². The van der Waals surface area contributed by atoms with Crippen LogP contribution in [0.2, 0.25) is 0 Å². The molecule has 0 saturated carbocycles. The number of hydrogen-bond donors (Lipinski definition) is 1. The first-order valence-electron chi connectivity index (χ1n) is 10.8. The zero-order valence-electron chi connectivity index (χ0n) is 18.7. The van der Waals surface area contributed by atoms with Gasteiger partial charge in [0.2, 0.25) is 0 Å². The van der Waals surface area contributed by atoms with E-state index < -0.39 is 0 Å². The maximum absolute atomic E-state index is 12.8. The molecule has 6 heteroatoms. The number of aryl methyl sites for hydroxylation is 2. The molecule has 29 heavy (non-hydrogen) atoms. The number of carbonyl (C=O) groups excluding carboxylic acids is 1. The minimum atomic E-state index is -0.0949. The summed E-state index contributed by atoms with van der Waals surface area (Å²) in [4.78, 5) is 17.6. The molecule has 0 atom stereocenters. The summed E-state index contributed by atoms with van der Waals surface area (Å²) in [5.74, 6) is -0.0949. The fourth-order valence-electron chi connectivity index (χ4n) is 4.43. The van der Waals surface area contributed by atoms with Crippen molar-refractivity contribution in [1.82, 2.24) is 14.7 Å². The van der Waals surface area contributed by atoms with Gasteiger partial charge in [0.1, 0.15) is 5.69 Å². The van der Waals surface area contributed by atoms with Gasteiger partial charge in [-0.15, -0.1) is 0 Å². The summed E-state index contributed by atoms with van der Waals surface area (Å²) in [7, 11) is 1.84. The number of amides is 1. The van der Waals surface area contributed by atoms with E-state index in [1.54, 1.807) is 4.68 Å². The van der Waals surface area contributed by atoms with Crippen LogP contribution in [-0.2, 0) is 7.05 Å². The highest BCUT2D eigenvalue weighted by Crippen LogP contribution is 2.39. The van der Waals surface area contributed by atoms with Crippen LogP contribution in [-0.4, -0.2) is 45.8 Å². The number of fused-ring (bicyclic) bond motifs is 2. The molecular formula is C23H35N5O. The normalized spacial score (nSPS) is 13.7. The Bertz CT molecular complexity index is 847. The Labute approximate surface area is 174 Å². The molecular weight excluding hydrogens is 362 g/mol. The standard InChI is InChI=1S/C23H35N5O/c1-16(2)27(17(3)4)14-10-7-11-15-28-20-13-9-8-12-19(20)24-23(29)22-21(28)18(5)25-26(22)6/h8-9,12-13,16-17H,7,10-11,14-15H2,1-6H3,(H,24,29). The fraction of sp³-hybridized carbons (Fsp3) is 0.565. The van der Waals surface area contributed by atoms with Crippen molar-refractivity contribution in [2.24, 2.45) is 7.05 Å². The second-order valence-electron chi connectivity index (χ2n) is 8.52. The monoisotopic (exact) mass is 397 g/mol. The summed E-state index contributed by atoms with van der Waals surface area (Å²) in [6.45, 7) is 13.1. The van der Waals surface area contributed by atoms with Crippen molar-refractivity contribution in [1.29, 1.82) is 0 Å². The second kappa shape index (κ2) is 8.99. The Balaban J connectivity index is 1.75. The minimum Gasteiger partial charge on any atom is -0.336 e. The Morgan fingerprint density at radius 2 is 1.76 bits per heavy atom. The average molecular weight is 398 g/mol. The van der Waals surface area contributed by atoms with Gasteiger partial charge >= 0.3 is 0 Å². The first-order valence-corrected chi connectivity index (χ1v) is 10.8. The zero-order chi connectivity index (χ0) is 21.1. The van der Waals surface area contributed by atoms with E-state index in [4.69, 9.17) is 0 Å². The number of para-hydroxylation sites is 2. The van der Waals surface area contributed by atoms with Crippen LogP contribution in [0, 0.1) is 6.92 Å². The van der Waals surface area contributed by atoms with Gasteiger partial charge in [0, 0.05) is 25.7 Å². The molecule has 1 N–H and O–H groups in total. The van der Waals surface area contributed by atoms with E-state index in [-0.39, 0.29) is 5.91 Å². The molecule has 2 aromatic rings. The summed E-state index contributed by atoms with van der Waals surface area (Å²) in [5, 5.41) is 7.58. The zero-order valence-corrected chi connectivity index (χ0v) is 18.7. The molecule has 0 saturated heterocycles. The third kappa shape index (κ3) is 4.47. The Morgan fingerprint density at radius 3 is 2.45 bits per heavy atom. The van der Waals surface area contributed by atoms with Crippen molar-refractivity contribution in [2.45, 2.75) is 66.0 Å². The fourth-order valence-corrected chi connectivity index (χ4v) is 4.43. The van der Waals surface area contributed by atoms with Crippen LogP contribution < -0.4 is 10.2 Å². The van der Waals surface area contributed by atoms with Crippen molar-refractivity contribution in [2.75, 3.05) is 23.3 Å². The van der Waals surface area contributed by atoms with Gasteiger partial charge in [0.15, 0.2) is 0 Å². The lowest BCUT2D eigenvalue weighted by Gasteiger charge is -2.30. The lowest BCUT2D eigenvalue weighted by molar-refractivity contribution is 0.101. The minimum absolute atomic E-state index is 0.0949. The Kier molecular flexibility index (Phi) is 6.63. The predicted molar refractivity (Wildman–Crippen MR) is 120 cm³/mol. The highest BCUT2D eigenvalue weighted by atomic mass is 16.2. The van der Waals surface area contributed by atoms with Crippen LogP contribution in [0.3, 0.4) is 0 Å². The van der Waals surface area contributed by atoms with Crippen molar-refractivity contribution in [3.8, 4) is 0 Å². The van der Waals surface area contributed by atoms with E-state index in [9.17, 15) is 4.79 Å². The summed E-state index contributed by atoms with van der Waals surface area (Å²) in [6.07, 6.45) is 3.41. The molecule has 1 aromatic carbocycles. The second-order valence-corrected chi connectivity index (χ2v) is 8.52. The Morgan fingerprint density at radius 1 is 1.07 bits per heavy atom. The lowest BCUT2D eigenvalue weighted by atomic mass is 10.1. The largest absolute Gasteiger partial charge is 0.336 e. The SMILES string of the molecule is Cc1nn(C)c2c1N(CCCCCN(C(C)C)C(C)C)c1ccccc1NC2=O. The van der Waals surface area contributed by atoms with Gasteiger partial charge in [-0.1, -0.05) is 18.6 Å². The molecule has 1 aliphatic heterocycles. The van der Waals surface area contributed by atoms with Crippen molar-refractivity contribution in [3.63, 3.8) is 0 Å². The molecule has 158 valence electrons. The first kappa shape index (κ1) is 21.4. The number of anilines is 3. The molecule has 0 unspecified atom stereocenters. The topological polar surface area (TPSA) is 53.4 Å². The van der Waals surface area contributed by atoms with Crippen LogP contribution >= 0.6 is 0 Å². The lowest BCUT2D eigenvalue weighted by Crippen LogP contribution is -2.37. The predicted octanol–water partition coefficient (Wildman–Crippen LogP) is 4.72. The molecule has 1 aromatic heterocycles. The molecule has 3 rings (SSSR count). The quantitative estimate of drug-likeness (QED) is 0.655. The highest BCUT2D eigenvalue weighted by molar-refractivity contribution is 6.11. The third-order valence-corrected chi connectivity index (χ3v) is 5.74. The summed E-state index contributed by atoms with van der Waals surface area (Å²) in [5.41, 5.74) is 4.35. The molecule has 0 fully saturated rings. The molecule has 6 nitrogen and oxygen atoms in total. The molecule has 0 bridgehead atoms. The van der Waals surface area contributed by atoms with Crippen LogP contribution in [0.1, 0.15) is 63.1 Å². The number of unbranched alkanes of at least 4 members (excludes halogenated alkanes) is 2. The van der Waals surface area contributed by atoms with Gasteiger partial charge in [0.25, 0.3) is 5.91 Å². The Hall–Kier alpha value is -2.34. The number of benzene rings is 1. The first-order chi connectivity index (χ1) is 13.8. The molecule has 2 heterocycles. The van der Waals surface area contributed by atoms with Crippen LogP contribution in [0.15, 0.2) is 24.3 Å². The number of carbonyl (C=O) groups is 1. The highest BCUT2D eigenvalue weighted by Gasteiger charge is 2.30. The van der Waals surface area contributed by atoms with Gasteiger partial charge in [-0.2, -0.15) is 5.10 Å². The van der Waals surface area contributed by atoms with Crippen LogP contribution in [0.4, 0.5) is 17.1 Å².